The molecule has 0 N–H and O–H groups in total. The Kier molecular flexibility index (Phi) is 12.9. The monoisotopic (exact) mass is 381 g/mol. The maximum atomic E-state index is 12.4. The van der Waals surface area contributed by atoms with Crippen molar-refractivity contribution < 1.29 is 35.0 Å². The van der Waals surface area contributed by atoms with Gasteiger partial charge >= 0.3 is 6.18 Å². The molecule has 9 heteroatoms. The molecule has 0 aliphatic carbocycles. The molecule has 0 bridgehead atoms. The van der Waals surface area contributed by atoms with Crippen molar-refractivity contribution in [1.29, 1.82) is 0 Å². The molecule has 0 aromatic heterocycles. The first-order valence-electron chi connectivity index (χ1n) is 8.38. The lowest BCUT2D eigenvalue weighted by molar-refractivity contribution is -0.921. The molecular weight excluding hydrogens is 350 g/mol. The van der Waals surface area contributed by atoms with E-state index >= 15 is 0 Å². The Bertz CT molecular complexity index is 392. The minimum absolute atomic E-state index is 0.0429. The Labute approximate surface area is 143 Å². The van der Waals surface area contributed by atoms with E-state index in [2.05, 4.69) is 27.7 Å². The van der Waals surface area contributed by atoms with Crippen LogP contribution in [0.2, 0.25) is 0 Å². The Morgan fingerprint density at radius 2 is 1.33 bits per heavy atom. The van der Waals surface area contributed by atoms with Crippen molar-refractivity contribution in [1.82, 2.24) is 0 Å². The summed E-state index contributed by atoms with van der Waals surface area (Å²) in [6.07, 6.45) is -5.94. The first kappa shape index (κ1) is 25.8. The zero-order chi connectivity index (χ0) is 19.4. The molecule has 0 aromatic rings. The van der Waals surface area contributed by atoms with E-state index in [9.17, 15) is 30.5 Å². The second-order valence-corrected chi connectivity index (χ2v) is 7.22. The minimum Gasteiger partial charge on any atom is -0.746 e. The Morgan fingerprint density at radius 1 is 0.917 bits per heavy atom. The number of unbranched alkanes of at least 4 members (excludes halogenated alkanes) is 2. The summed E-state index contributed by atoms with van der Waals surface area (Å²) in [5.41, 5.74) is -2.51. The predicted molar refractivity (Wildman–Crippen MR) is 86.2 cm³/mol. The SMILES string of the molecule is CC[N+](CC)(CC)CC.O=S(=O)([O-])C(F)CCCCCC(F)(F)F. The van der Waals surface area contributed by atoms with Crippen LogP contribution in [0.3, 0.4) is 0 Å². The van der Waals surface area contributed by atoms with Crippen LogP contribution in [0.1, 0.15) is 59.8 Å². The maximum absolute atomic E-state index is 12.4. The van der Waals surface area contributed by atoms with Gasteiger partial charge in [0.25, 0.3) is 0 Å². The molecule has 4 nitrogen and oxygen atoms in total. The molecule has 0 heterocycles. The molecule has 0 amide bonds. The largest absolute Gasteiger partial charge is 0.746 e. The van der Waals surface area contributed by atoms with Crippen molar-refractivity contribution in [2.75, 3.05) is 26.2 Å². The summed E-state index contributed by atoms with van der Waals surface area (Å²) in [4.78, 5) is 0. The molecule has 0 fully saturated rings. The predicted octanol–water partition coefficient (Wildman–Crippen LogP) is 4.22. The standard InChI is InChI=1S/C8H20N.C7H12F4O3S/c1-5-9(6-2,7-3)8-4;8-6(15(12,13)14)4-2-1-3-5-7(9,10)11/h5-8H2,1-4H3;6H,1-5H2,(H,12,13,14)/q+1;/p-1. The van der Waals surface area contributed by atoms with Gasteiger partial charge in [0, 0.05) is 6.42 Å². The number of nitrogens with zero attached hydrogens (tertiary/aromatic N) is 1. The maximum Gasteiger partial charge on any atom is 0.389 e. The van der Waals surface area contributed by atoms with E-state index < -0.39 is 34.6 Å². The summed E-state index contributed by atoms with van der Waals surface area (Å²) in [5.74, 6) is 0. The van der Waals surface area contributed by atoms with E-state index in [1.165, 1.54) is 30.7 Å². The lowest BCUT2D eigenvalue weighted by Gasteiger charge is -2.34. The summed E-state index contributed by atoms with van der Waals surface area (Å²) >= 11 is 0. The van der Waals surface area contributed by atoms with Gasteiger partial charge in [-0.3, -0.25) is 0 Å². The highest BCUT2D eigenvalue weighted by atomic mass is 32.2. The number of rotatable bonds is 10. The lowest BCUT2D eigenvalue weighted by atomic mass is 10.1. The number of alkyl halides is 4. The van der Waals surface area contributed by atoms with Gasteiger partial charge < -0.3 is 9.04 Å². The van der Waals surface area contributed by atoms with Crippen molar-refractivity contribution in [2.45, 2.75) is 71.5 Å². The van der Waals surface area contributed by atoms with E-state index in [4.69, 9.17) is 0 Å². The fraction of sp³-hybridized carbons (Fsp3) is 1.00. The fourth-order valence-corrected chi connectivity index (χ4v) is 2.75. The summed E-state index contributed by atoms with van der Waals surface area (Å²) in [6.45, 7) is 14.2. The Morgan fingerprint density at radius 3 is 1.58 bits per heavy atom. The van der Waals surface area contributed by atoms with Gasteiger partial charge in [0.1, 0.15) is 10.1 Å². The third kappa shape index (κ3) is 12.9. The third-order valence-electron chi connectivity index (χ3n) is 4.39. The van der Waals surface area contributed by atoms with E-state index in [0.717, 1.165) is 0 Å². The van der Waals surface area contributed by atoms with Crippen LogP contribution in [-0.4, -0.2) is 55.3 Å². The van der Waals surface area contributed by atoms with Gasteiger partial charge in [-0.1, -0.05) is 6.42 Å². The average Bonchev–Trinajstić information content (AvgIpc) is 2.48. The van der Waals surface area contributed by atoms with E-state index in [0.29, 0.717) is 0 Å². The van der Waals surface area contributed by atoms with Crippen LogP contribution in [0, 0.1) is 0 Å². The molecule has 0 aromatic carbocycles. The van der Waals surface area contributed by atoms with E-state index in [1.54, 1.807) is 0 Å². The summed E-state index contributed by atoms with van der Waals surface area (Å²) in [6, 6.07) is 0. The molecular formula is C15H31F4NO3S. The summed E-state index contributed by atoms with van der Waals surface area (Å²) < 4.78 is 78.7. The fourth-order valence-electron chi connectivity index (χ4n) is 2.29. The summed E-state index contributed by atoms with van der Waals surface area (Å²) in [5, 5.41) is 0. The number of hydrogen-bond donors (Lipinski definition) is 0. The van der Waals surface area contributed by atoms with Crippen molar-refractivity contribution in [3.8, 4) is 0 Å². The lowest BCUT2D eigenvalue weighted by Crippen LogP contribution is -2.47. The first-order chi connectivity index (χ1) is 10.9. The van der Waals surface area contributed by atoms with Crippen molar-refractivity contribution in [3.63, 3.8) is 0 Å². The van der Waals surface area contributed by atoms with Gasteiger partial charge in [-0.2, -0.15) is 13.2 Å². The van der Waals surface area contributed by atoms with Crippen LogP contribution < -0.4 is 0 Å². The minimum atomic E-state index is -4.96. The highest BCUT2D eigenvalue weighted by Crippen LogP contribution is 2.23. The van der Waals surface area contributed by atoms with Gasteiger partial charge in [-0.25, -0.2) is 12.8 Å². The van der Waals surface area contributed by atoms with Crippen molar-refractivity contribution in [2.24, 2.45) is 0 Å². The first-order valence-corrected chi connectivity index (χ1v) is 9.85. The molecule has 0 aliphatic rings. The normalized spacial score (nSPS) is 14.0. The third-order valence-corrected chi connectivity index (χ3v) is 5.25. The molecule has 0 aliphatic heterocycles. The zero-order valence-corrected chi connectivity index (χ0v) is 15.8. The van der Waals surface area contributed by atoms with Gasteiger partial charge in [0.15, 0.2) is 5.50 Å². The van der Waals surface area contributed by atoms with Crippen LogP contribution in [0.4, 0.5) is 17.6 Å². The average molecular weight is 381 g/mol. The zero-order valence-electron chi connectivity index (χ0n) is 15.0. The van der Waals surface area contributed by atoms with Gasteiger partial charge in [-0.05, 0) is 47.0 Å². The summed E-state index contributed by atoms with van der Waals surface area (Å²) in [7, 11) is -4.96. The van der Waals surface area contributed by atoms with Crippen LogP contribution >= 0.6 is 0 Å². The molecule has 1 unspecified atom stereocenters. The Hall–Kier alpha value is -0.410. The van der Waals surface area contributed by atoms with Gasteiger partial charge in [0.2, 0.25) is 0 Å². The molecule has 0 saturated carbocycles. The quantitative estimate of drug-likeness (QED) is 0.246. The highest BCUT2D eigenvalue weighted by Gasteiger charge is 2.26. The number of quaternary nitrogens is 1. The molecule has 0 radical (unpaired) electrons. The van der Waals surface area contributed by atoms with E-state index in [1.807, 2.05) is 0 Å². The number of halogens is 4. The van der Waals surface area contributed by atoms with Gasteiger partial charge in [-0.15, -0.1) is 0 Å². The number of hydrogen-bond acceptors (Lipinski definition) is 3. The molecule has 24 heavy (non-hydrogen) atoms. The van der Waals surface area contributed by atoms with Crippen LogP contribution in [0.15, 0.2) is 0 Å². The molecule has 0 spiro atoms. The topological polar surface area (TPSA) is 57.2 Å². The van der Waals surface area contributed by atoms with Crippen LogP contribution in [0.5, 0.6) is 0 Å². The van der Waals surface area contributed by atoms with E-state index in [-0.39, 0.29) is 19.3 Å². The molecule has 0 rings (SSSR count). The molecule has 148 valence electrons. The highest BCUT2D eigenvalue weighted by molar-refractivity contribution is 7.86. The second-order valence-electron chi connectivity index (χ2n) is 5.72. The molecule has 1 atom stereocenters. The van der Waals surface area contributed by atoms with Crippen molar-refractivity contribution in [3.05, 3.63) is 0 Å². The van der Waals surface area contributed by atoms with Crippen LogP contribution in [0.25, 0.3) is 0 Å². The Balaban J connectivity index is 0. The smallest absolute Gasteiger partial charge is 0.389 e. The van der Waals surface area contributed by atoms with Crippen LogP contribution in [-0.2, 0) is 10.1 Å². The van der Waals surface area contributed by atoms with Gasteiger partial charge in [0.05, 0.1) is 26.2 Å². The second kappa shape index (κ2) is 12.0. The van der Waals surface area contributed by atoms with Crippen molar-refractivity contribution >= 4 is 10.1 Å². The molecule has 0 saturated heterocycles.